The number of hydrogen-bond acceptors (Lipinski definition) is 4. The van der Waals surface area contributed by atoms with Crippen molar-refractivity contribution in [2.75, 3.05) is 37.7 Å². The maximum absolute atomic E-state index is 12.4. The van der Waals surface area contributed by atoms with E-state index in [1.807, 2.05) is 54.2 Å². The first-order valence-electron chi connectivity index (χ1n) is 11.0. The summed E-state index contributed by atoms with van der Waals surface area (Å²) < 4.78 is 0. The first-order chi connectivity index (χ1) is 14.7. The molecule has 5 nitrogen and oxygen atoms in total. The van der Waals surface area contributed by atoms with Gasteiger partial charge in [-0.3, -0.25) is 14.5 Å². The van der Waals surface area contributed by atoms with Gasteiger partial charge in [0.1, 0.15) is 0 Å². The SMILES string of the molecule is O=C(CNC(=O)Cc1cccc2ccccc12)NCC1(N2CCSCC2)CCCC1. The van der Waals surface area contributed by atoms with Gasteiger partial charge in [0.15, 0.2) is 0 Å². The highest BCUT2D eigenvalue weighted by Gasteiger charge is 2.40. The molecule has 2 fully saturated rings. The number of fused-ring (bicyclic) bond motifs is 1. The Labute approximate surface area is 183 Å². The summed E-state index contributed by atoms with van der Waals surface area (Å²) in [7, 11) is 0. The maximum Gasteiger partial charge on any atom is 0.239 e. The summed E-state index contributed by atoms with van der Waals surface area (Å²) in [6.07, 6.45) is 5.07. The Bertz CT molecular complexity index is 884. The summed E-state index contributed by atoms with van der Waals surface area (Å²) in [5, 5.41) is 8.11. The lowest BCUT2D eigenvalue weighted by atomic mass is 9.94. The van der Waals surface area contributed by atoms with Gasteiger partial charge in [-0.25, -0.2) is 0 Å². The molecule has 4 rings (SSSR count). The number of carbonyl (C=O) groups excluding carboxylic acids is 2. The van der Waals surface area contributed by atoms with Crippen LogP contribution in [0.1, 0.15) is 31.2 Å². The van der Waals surface area contributed by atoms with E-state index in [1.54, 1.807) is 0 Å². The highest BCUT2D eigenvalue weighted by molar-refractivity contribution is 7.99. The zero-order valence-corrected chi connectivity index (χ0v) is 18.3. The summed E-state index contributed by atoms with van der Waals surface area (Å²) in [4.78, 5) is 27.5. The van der Waals surface area contributed by atoms with E-state index in [2.05, 4.69) is 15.5 Å². The fourth-order valence-corrected chi connectivity index (χ4v) is 5.77. The molecule has 0 unspecified atom stereocenters. The summed E-state index contributed by atoms with van der Waals surface area (Å²) in [5.74, 6) is 2.14. The van der Waals surface area contributed by atoms with Crippen molar-refractivity contribution in [1.82, 2.24) is 15.5 Å². The number of carbonyl (C=O) groups is 2. The predicted molar refractivity (Wildman–Crippen MR) is 124 cm³/mol. The van der Waals surface area contributed by atoms with Gasteiger partial charge in [0, 0.05) is 36.7 Å². The molecule has 2 aromatic rings. The number of thioether (sulfide) groups is 1. The summed E-state index contributed by atoms with van der Waals surface area (Å²) in [5.41, 5.74) is 1.10. The molecule has 1 aliphatic heterocycles. The molecule has 2 aromatic carbocycles. The molecule has 1 saturated carbocycles. The van der Waals surface area contributed by atoms with Crippen LogP contribution < -0.4 is 10.6 Å². The Morgan fingerprint density at radius 1 is 0.933 bits per heavy atom. The molecule has 0 radical (unpaired) electrons. The summed E-state index contributed by atoms with van der Waals surface area (Å²) in [6, 6.07) is 14.0. The molecular formula is C24H31N3O2S. The van der Waals surface area contributed by atoms with E-state index in [0.29, 0.717) is 6.54 Å². The van der Waals surface area contributed by atoms with E-state index >= 15 is 0 Å². The van der Waals surface area contributed by atoms with Crippen molar-refractivity contribution >= 4 is 34.3 Å². The number of amides is 2. The number of nitrogens with zero attached hydrogens (tertiary/aromatic N) is 1. The second-order valence-electron chi connectivity index (χ2n) is 8.40. The first kappa shape index (κ1) is 21.2. The zero-order valence-electron chi connectivity index (χ0n) is 17.5. The third-order valence-electron chi connectivity index (χ3n) is 6.51. The van der Waals surface area contributed by atoms with Crippen LogP contribution in [0.25, 0.3) is 10.8 Å². The second-order valence-corrected chi connectivity index (χ2v) is 9.62. The molecule has 0 spiro atoms. The van der Waals surface area contributed by atoms with Crippen molar-refractivity contribution < 1.29 is 9.59 Å². The Kier molecular flexibility index (Phi) is 6.95. The Balaban J connectivity index is 1.27. The van der Waals surface area contributed by atoms with Gasteiger partial charge in [0.2, 0.25) is 11.8 Å². The van der Waals surface area contributed by atoms with Crippen molar-refractivity contribution in [1.29, 1.82) is 0 Å². The van der Waals surface area contributed by atoms with Crippen molar-refractivity contribution in [2.45, 2.75) is 37.6 Å². The molecule has 6 heteroatoms. The fourth-order valence-electron chi connectivity index (χ4n) is 4.86. The molecule has 1 heterocycles. The average Bonchev–Trinajstić information content (AvgIpc) is 3.27. The van der Waals surface area contributed by atoms with Gasteiger partial charge in [0.05, 0.1) is 13.0 Å². The van der Waals surface area contributed by atoms with Crippen LogP contribution in [0.15, 0.2) is 42.5 Å². The molecule has 2 N–H and O–H groups in total. The number of hydrogen-bond donors (Lipinski definition) is 2. The summed E-state index contributed by atoms with van der Waals surface area (Å²) in [6.45, 7) is 2.95. The Morgan fingerprint density at radius 3 is 2.47 bits per heavy atom. The zero-order chi connectivity index (χ0) is 20.8. The van der Waals surface area contributed by atoms with Crippen LogP contribution in [0.2, 0.25) is 0 Å². The molecule has 1 aliphatic carbocycles. The molecule has 2 amide bonds. The Hall–Kier alpha value is -2.05. The average molecular weight is 426 g/mol. The van der Waals surface area contributed by atoms with E-state index in [-0.39, 0.29) is 30.3 Å². The van der Waals surface area contributed by atoms with Crippen LogP contribution in [-0.4, -0.2) is 59.9 Å². The monoisotopic (exact) mass is 425 g/mol. The topological polar surface area (TPSA) is 61.4 Å². The van der Waals surface area contributed by atoms with Gasteiger partial charge < -0.3 is 10.6 Å². The molecule has 30 heavy (non-hydrogen) atoms. The normalized spacial score (nSPS) is 18.9. The molecule has 160 valence electrons. The van der Waals surface area contributed by atoms with Crippen molar-refractivity contribution in [3.8, 4) is 0 Å². The van der Waals surface area contributed by atoms with E-state index in [0.717, 1.165) is 42.3 Å². The van der Waals surface area contributed by atoms with Gasteiger partial charge >= 0.3 is 0 Å². The smallest absolute Gasteiger partial charge is 0.239 e. The minimum Gasteiger partial charge on any atom is -0.353 e. The largest absolute Gasteiger partial charge is 0.353 e. The lowest BCUT2D eigenvalue weighted by molar-refractivity contribution is -0.126. The third kappa shape index (κ3) is 4.98. The van der Waals surface area contributed by atoms with E-state index < -0.39 is 0 Å². The van der Waals surface area contributed by atoms with Gasteiger partial charge in [-0.1, -0.05) is 55.3 Å². The molecular weight excluding hydrogens is 394 g/mol. The van der Waals surface area contributed by atoms with Crippen molar-refractivity contribution in [3.63, 3.8) is 0 Å². The van der Waals surface area contributed by atoms with Crippen molar-refractivity contribution in [3.05, 3.63) is 48.0 Å². The van der Waals surface area contributed by atoms with Crippen LogP contribution in [0.4, 0.5) is 0 Å². The van der Waals surface area contributed by atoms with Crippen molar-refractivity contribution in [2.24, 2.45) is 0 Å². The van der Waals surface area contributed by atoms with Gasteiger partial charge in [-0.2, -0.15) is 11.8 Å². The second kappa shape index (κ2) is 9.84. The Morgan fingerprint density at radius 2 is 1.67 bits per heavy atom. The molecule has 0 atom stereocenters. The summed E-state index contributed by atoms with van der Waals surface area (Å²) >= 11 is 2.02. The highest BCUT2D eigenvalue weighted by Crippen LogP contribution is 2.36. The standard InChI is InChI=1S/C24H31N3O2S/c28-22(16-20-8-5-7-19-6-1-2-9-21(19)20)25-17-23(29)26-18-24(10-3-4-11-24)27-12-14-30-15-13-27/h1-2,5-9H,3-4,10-18H2,(H,25,28)(H,26,29). The lowest BCUT2D eigenvalue weighted by Crippen LogP contribution is -2.57. The quantitative estimate of drug-likeness (QED) is 0.716. The molecule has 0 bridgehead atoms. The van der Waals surface area contributed by atoms with E-state index in [1.165, 1.54) is 24.3 Å². The van der Waals surface area contributed by atoms with Gasteiger partial charge in [-0.05, 0) is 29.2 Å². The van der Waals surface area contributed by atoms with Gasteiger partial charge in [0.25, 0.3) is 0 Å². The minimum absolute atomic E-state index is 0.0372. The number of benzene rings is 2. The molecule has 2 aliphatic rings. The number of rotatable bonds is 7. The lowest BCUT2D eigenvalue weighted by Gasteiger charge is -2.43. The molecule has 1 saturated heterocycles. The van der Waals surface area contributed by atoms with E-state index in [9.17, 15) is 9.59 Å². The minimum atomic E-state index is -0.120. The first-order valence-corrected chi connectivity index (χ1v) is 12.1. The fraction of sp³-hybridized carbons (Fsp3) is 0.500. The third-order valence-corrected chi connectivity index (χ3v) is 7.45. The predicted octanol–water partition coefficient (Wildman–Crippen LogP) is 2.98. The maximum atomic E-state index is 12.4. The van der Waals surface area contributed by atoms with Gasteiger partial charge in [-0.15, -0.1) is 0 Å². The van der Waals surface area contributed by atoms with Crippen LogP contribution in [0, 0.1) is 0 Å². The van der Waals surface area contributed by atoms with Crippen LogP contribution >= 0.6 is 11.8 Å². The number of nitrogens with one attached hydrogen (secondary N) is 2. The van der Waals surface area contributed by atoms with Crippen LogP contribution in [-0.2, 0) is 16.0 Å². The van der Waals surface area contributed by atoms with E-state index in [4.69, 9.17) is 0 Å². The van der Waals surface area contributed by atoms with Crippen LogP contribution in [0.3, 0.4) is 0 Å². The van der Waals surface area contributed by atoms with Crippen LogP contribution in [0.5, 0.6) is 0 Å². The highest BCUT2D eigenvalue weighted by atomic mass is 32.2. The molecule has 0 aromatic heterocycles.